The zero-order valence-electron chi connectivity index (χ0n) is 11.3. The average Bonchev–Trinajstić information content (AvgIpc) is 2.37. The average molecular weight is 261 g/mol. The summed E-state index contributed by atoms with van der Waals surface area (Å²) >= 11 is 0. The van der Waals surface area contributed by atoms with E-state index >= 15 is 0 Å². The van der Waals surface area contributed by atoms with Gasteiger partial charge < -0.3 is 10.1 Å². The third kappa shape index (κ3) is 6.41. The molecule has 0 aliphatic heterocycles. The second-order valence-corrected chi connectivity index (χ2v) is 4.09. The summed E-state index contributed by atoms with van der Waals surface area (Å²) in [5.74, 6) is -0.517. The van der Waals surface area contributed by atoms with Gasteiger partial charge in [-0.2, -0.15) is 0 Å². The van der Waals surface area contributed by atoms with Crippen molar-refractivity contribution in [2.45, 2.75) is 20.3 Å². The Hall–Kier alpha value is -2.10. The molecule has 1 N–H and O–H groups in total. The number of nitrogens with one attached hydrogen (secondary N) is 1. The highest BCUT2D eigenvalue weighted by Gasteiger charge is 2.01. The molecule has 1 rings (SSSR count). The quantitative estimate of drug-likeness (QED) is 0.630. The molecule has 0 aromatic heterocycles. The van der Waals surface area contributed by atoms with Crippen LogP contribution >= 0.6 is 0 Å². The molecule has 0 radical (unpaired) electrons. The zero-order chi connectivity index (χ0) is 14.1. The minimum absolute atomic E-state index is 0.192. The first-order valence-electron chi connectivity index (χ1n) is 6.30. The number of aryl methyl sites for hydroxylation is 1. The van der Waals surface area contributed by atoms with E-state index in [0.717, 1.165) is 11.1 Å². The molecule has 0 heterocycles. The van der Waals surface area contributed by atoms with Crippen molar-refractivity contribution in [1.29, 1.82) is 0 Å². The van der Waals surface area contributed by atoms with Crippen LogP contribution in [-0.4, -0.2) is 25.0 Å². The molecule has 4 heteroatoms. The monoisotopic (exact) mass is 261 g/mol. The van der Waals surface area contributed by atoms with E-state index in [4.69, 9.17) is 4.74 Å². The summed E-state index contributed by atoms with van der Waals surface area (Å²) in [5, 5.41) is 2.63. The number of esters is 1. The molecule has 0 unspecified atom stereocenters. The van der Waals surface area contributed by atoms with Gasteiger partial charge in [-0.3, -0.25) is 9.59 Å². The van der Waals surface area contributed by atoms with E-state index in [1.165, 1.54) is 6.08 Å². The van der Waals surface area contributed by atoms with Crippen LogP contribution in [0.2, 0.25) is 0 Å². The highest BCUT2D eigenvalue weighted by atomic mass is 16.5. The number of rotatable bonds is 6. The van der Waals surface area contributed by atoms with Gasteiger partial charge in [0, 0.05) is 12.6 Å². The van der Waals surface area contributed by atoms with Gasteiger partial charge in [0.25, 0.3) is 0 Å². The Balaban J connectivity index is 2.33. The fourth-order valence-corrected chi connectivity index (χ4v) is 1.53. The zero-order valence-corrected chi connectivity index (χ0v) is 11.3. The van der Waals surface area contributed by atoms with Gasteiger partial charge in [0.2, 0.25) is 5.91 Å². The molecule has 102 valence electrons. The number of benzene rings is 1. The van der Waals surface area contributed by atoms with E-state index in [9.17, 15) is 9.59 Å². The fourth-order valence-electron chi connectivity index (χ4n) is 1.53. The van der Waals surface area contributed by atoms with Crippen molar-refractivity contribution in [3.05, 3.63) is 41.5 Å². The first kappa shape index (κ1) is 15.0. The van der Waals surface area contributed by atoms with Gasteiger partial charge in [-0.05, 0) is 25.5 Å². The first-order chi connectivity index (χ1) is 9.11. The van der Waals surface area contributed by atoms with E-state index in [-0.39, 0.29) is 24.8 Å². The second-order valence-electron chi connectivity index (χ2n) is 4.09. The maximum atomic E-state index is 11.5. The molecule has 0 atom stereocenters. The third-order valence-corrected chi connectivity index (χ3v) is 2.40. The SMILES string of the molecule is CCOC(=O)CCNC(=O)/C=C/c1cccc(C)c1. The van der Waals surface area contributed by atoms with Crippen molar-refractivity contribution in [3.63, 3.8) is 0 Å². The van der Waals surface area contributed by atoms with Crippen LogP contribution in [0, 0.1) is 6.92 Å². The predicted octanol–water partition coefficient (Wildman–Crippen LogP) is 2.08. The molecule has 1 aromatic rings. The Morgan fingerprint density at radius 2 is 2.16 bits per heavy atom. The van der Waals surface area contributed by atoms with Crippen LogP contribution in [0.5, 0.6) is 0 Å². The topological polar surface area (TPSA) is 55.4 Å². The Morgan fingerprint density at radius 1 is 1.37 bits per heavy atom. The number of carbonyl (C=O) groups excluding carboxylic acids is 2. The van der Waals surface area contributed by atoms with Crippen LogP contribution in [-0.2, 0) is 14.3 Å². The van der Waals surface area contributed by atoms with Gasteiger partial charge in [0.1, 0.15) is 0 Å². The summed E-state index contributed by atoms with van der Waals surface area (Å²) in [4.78, 5) is 22.5. The minimum Gasteiger partial charge on any atom is -0.466 e. The van der Waals surface area contributed by atoms with Gasteiger partial charge in [0.05, 0.1) is 13.0 Å². The molecule has 0 aliphatic rings. The van der Waals surface area contributed by atoms with Crippen molar-refractivity contribution in [2.75, 3.05) is 13.2 Å². The molecule has 0 bridgehead atoms. The van der Waals surface area contributed by atoms with E-state index in [1.54, 1.807) is 13.0 Å². The molecule has 0 saturated carbocycles. The highest BCUT2D eigenvalue weighted by molar-refractivity contribution is 5.91. The standard InChI is InChI=1S/C15H19NO3/c1-3-19-15(18)9-10-16-14(17)8-7-13-6-4-5-12(2)11-13/h4-8,11H,3,9-10H2,1-2H3,(H,16,17)/b8-7+. The number of hydrogen-bond donors (Lipinski definition) is 1. The van der Waals surface area contributed by atoms with E-state index < -0.39 is 0 Å². The first-order valence-corrected chi connectivity index (χ1v) is 6.30. The lowest BCUT2D eigenvalue weighted by Gasteiger charge is -2.02. The van der Waals surface area contributed by atoms with Gasteiger partial charge in [-0.15, -0.1) is 0 Å². The van der Waals surface area contributed by atoms with E-state index in [2.05, 4.69) is 5.32 Å². The maximum absolute atomic E-state index is 11.5. The maximum Gasteiger partial charge on any atom is 0.307 e. The van der Waals surface area contributed by atoms with Crippen LogP contribution in [0.4, 0.5) is 0 Å². The lowest BCUT2D eigenvalue weighted by atomic mass is 10.1. The summed E-state index contributed by atoms with van der Waals surface area (Å²) in [6.45, 7) is 4.40. The largest absolute Gasteiger partial charge is 0.466 e. The highest BCUT2D eigenvalue weighted by Crippen LogP contribution is 2.05. The number of hydrogen-bond acceptors (Lipinski definition) is 3. The van der Waals surface area contributed by atoms with Crippen molar-refractivity contribution in [2.24, 2.45) is 0 Å². The van der Waals surface area contributed by atoms with Crippen LogP contribution in [0.3, 0.4) is 0 Å². The Labute approximate surface area is 113 Å². The summed E-state index contributed by atoms with van der Waals surface area (Å²) in [6.07, 6.45) is 3.39. The Bertz CT molecular complexity index is 466. The summed E-state index contributed by atoms with van der Waals surface area (Å²) in [5.41, 5.74) is 2.12. The van der Waals surface area contributed by atoms with Crippen molar-refractivity contribution < 1.29 is 14.3 Å². The summed E-state index contributed by atoms with van der Waals surface area (Å²) in [7, 11) is 0. The number of ether oxygens (including phenoxy) is 1. The molecule has 1 aromatic carbocycles. The van der Waals surface area contributed by atoms with Crippen molar-refractivity contribution in [3.8, 4) is 0 Å². The van der Waals surface area contributed by atoms with Crippen molar-refractivity contribution >= 4 is 18.0 Å². The van der Waals surface area contributed by atoms with Crippen LogP contribution in [0.15, 0.2) is 30.3 Å². The smallest absolute Gasteiger partial charge is 0.307 e. The summed E-state index contributed by atoms with van der Waals surface area (Å²) in [6, 6.07) is 7.85. The van der Waals surface area contributed by atoms with E-state index in [1.807, 2.05) is 31.2 Å². The lowest BCUT2D eigenvalue weighted by molar-refractivity contribution is -0.142. The van der Waals surface area contributed by atoms with Gasteiger partial charge in [-0.25, -0.2) is 0 Å². The van der Waals surface area contributed by atoms with Crippen molar-refractivity contribution in [1.82, 2.24) is 5.32 Å². The molecular weight excluding hydrogens is 242 g/mol. The van der Waals surface area contributed by atoms with Gasteiger partial charge >= 0.3 is 5.97 Å². The molecule has 0 saturated heterocycles. The minimum atomic E-state index is -0.300. The normalized spacial score (nSPS) is 10.4. The molecule has 4 nitrogen and oxygen atoms in total. The molecular formula is C15H19NO3. The van der Waals surface area contributed by atoms with Crippen LogP contribution in [0.1, 0.15) is 24.5 Å². The molecule has 0 fully saturated rings. The fraction of sp³-hybridized carbons (Fsp3) is 0.333. The van der Waals surface area contributed by atoms with Gasteiger partial charge in [-0.1, -0.05) is 29.8 Å². The molecule has 19 heavy (non-hydrogen) atoms. The Kier molecular flexibility index (Phi) is 6.36. The van der Waals surface area contributed by atoms with Crippen LogP contribution in [0.25, 0.3) is 6.08 Å². The van der Waals surface area contributed by atoms with E-state index in [0.29, 0.717) is 6.61 Å². The Morgan fingerprint density at radius 3 is 2.84 bits per heavy atom. The van der Waals surface area contributed by atoms with Gasteiger partial charge in [0.15, 0.2) is 0 Å². The predicted molar refractivity (Wildman–Crippen MR) is 74.5 cm³/mol. The second kappa shape index (κ2) is 8.08. The van der Waals surface area contributed by atoms with Crippen LogP contribution < -0.4 is 5.32 Å². The lowest BCUT2D eigenvalue weighted by Crippen LogP contribution is -2.24. The number of amides is 1. The number of carbonyl (C=O) groups is 2. The molecule has 0 aliphatic carbocycles. The molecule has 0 spiro atoms. The summed E-state index contributed by atoms with van der Waals surface area (Å²) < 4.78 is 4.76. The molecule has 1 amide bonds. The third-order valence-electron chi connectivity index (χ3n) is 2.40.